The first-order valence-corrected chi connectivity index (χ1v) is 6.76. The van der Waals surface area contributed by atoms with Gasteiger partial charge in [0.15, 0.2) is 0 Å². The minimum atomic E-state index is -0.351. The van der Waals surface area contributed by atoms with Gasteiger partial charge in [-0.2, -0.15) is 0 Å². The van der Waals surface area contributed by atoms with Crippen LogP contribution in [0.1, 0.15) is 19.4 Å². The molecular weight excluding hydrogens is 267 g/mol. The normalized spacial score (nSPS) is 10.8. The van der Waals surface area contributed by atoms with Gasteiger partial charge in [-0.3, -0.25) is 9.69 Å². The van der Waals surface area contributed by atoms with E-state index in [9.17, 15) is 9.18 Å². The first-order valence-electron chi connectivity index (χ1n) is 6.38. The number of hydrogen-bond acceptors (Lipinski definition) is 2. The van der Waals surface area contributed by atoms with E-state index in [0.717, 1.165) is 5.56 Å². The molecule has 0 bridgehead atoms. The smallest absolute Gasteiger partial charge is 0.236 e. The van der Waals surface area contributed by atoms with Crippen LogP contribution in [0.2, 0.25) is 5.02 Å². The maximum Gasteiger partial charge on any atom is 0.236 e. The molecule has 1 aromatic carbocycles. The summed E-state index contributed by atoms with van der Waals surface area (Å²) < 4.78 is 12.9. The molecule has 0 atom stereocenters. The maximum absolute atomic E-state index is 12.9. The molecule has 0 aliphatic carbocycles. The summed E-state index contributed by atoms with van der Waals surface area (Å²) in [4.78, 5) is 15.6. The van der Waals surface area contributed by atoms with Crippen LogP contribution in [0.3, 0.4) is 0 Å². The molecule has 0 aliphatic rings. The fourth-order valence-electron chi connectivity index (χ4n) is 1.90. The van der Waals surface area contributed by atoms with Gasteiger partial charge in [0, 0.05) is 24.7 Å². The van der Waals surface area contributed by atoms with Crippen molar-refractivity contribution in [1.82, 2.24) is 9.80 Å². The third-order valence-electron chi connectivity index (χ3n) is 2.98. The molecule has 0 saturated heterocycles. The summed E-state index contributed by atoms with van der Waals surface area (Å²) in [6, 6.07) is 4.31. The molecular formula is C14H20ClFN2O. The third-order valence-corrected chi connectivity index (χ3v) is 3.33. The van der Waals surface area contributed by atoms with Gasteiger partial charge in [-0.1, -0.05) is 17.7 Å². The van der Waals surface area contributed by atoms with Crippen LogP contribution in [0.15, 0.2) is 18.2 Å². The summed E-state index contributed by atoms with van der Waals surface area (Å²) >= 11 is 5.97. The lowest BCUT2D eigenvalue weighted by Crippen LogP contribution is -2.38. The Morgan fingerprint density at radius 1 is 1.32 bits per heavy atom. The minimum absolute atomic E-state index is 0.0886. The zero-order valence-corrected chi connectivity index (χ0v) is 12.4. The van der Waals surface area contributed by atoms with Crippen molar-refractivity contribution in [2.24, 2.45) is 0 Å². The van der Waals surface area contributed by atoms with E-state index >= 15 is 0 Å². The average molecular weight is 287 g/mol. The lowest BCUT2D eigenvalue weighted by Gasteiger charge is -2.23. The second-order valence-electron chi connectivity index (χ2n) is 4.47. The van der Waals surface area contributed by atoms with E-state index in [0.29, 0.717) is 31.2 Å². The number of hydrogen-bond donors (Lipinski definition) is 0. The SMILES string of the molecule is CCN(CC)C(=O)CN(C)Cc1ccc(F)cc1Cl. The van der Waals surface area contributed by atoms with Crippen molar-refractivity contribution in [2.45, 2.75) is 20.4 Å². The Kier molecular flexibility index (Phi) is 6.25. The predicted octanol–water partition coefficient (Wildman–Crippen LogP) is 2.78. The molecule has 0 unspecified atom stereocenters. The van der Waals surface area contributed by atoms with Crippen molar-refractivity contribution < 1.29 is 9.18 Å². The first kappa shape index (κ1) is 15.9. The summed E-state index contributed by atoms with van der Waals surface area (Å²) in [6.45, 7) is 6.18. The number of rotatable bonds is 6. The molecule has 0 aliphatic heterocycles. The minimum Gasteiger partial charge on any atom is -0.342 e. The number of halogens is 2. The Labute approximate surface area is 119 Å². The second-order valence-corrected chi connectivity index (χ2v) is 4.88. The predicted molar refractivity (Wildman–Crippen MR) is 75.7 cm³/mol. The molecule has 0 fully saturated rings. The van der Waals surface area contributed by atoms with Crippen LogP contribution in [-0.2, 0) is 11.3 Å². The van der Waals surface area contributed by atoms with Crippen LogP contribution in [0.5, 0.6) is 0 Å². The Morgan fingerprint density at radius 2 is 1.95 bits per heavy atom. The Hall–Kier alpha value is -1.13. The first-order chi connectivity index (χ1) is 8.97. The zero-order valence-electron chi connectivity index (χ0n) is 11.6. The van der Waals surface area contributed by atoms with Crippen LogP contribution in [0.25, 0.3) is 0 Å². The Bertz CT molecular complexity index is 435. The molecule has 1 rings (SSSR count). The maximum atomic E-state index is 12.9. The molecule has 5 heteroatoms. The zero-order chi connectivity index (χ0) is 14.4. The highest BCUT2D eigenvalue weighted by molar-refractivity contribution is 6.31. The van der Waals surface area contributed by atoms with Gasteiger partial charge in [-0.25, -0.2) is 4.39 Å². The summed E-state index contributed by atoms with van der Waals surface area (Å²) in [5, 5.41) is 0.391. The van der Waals surface area contributed by atoms with Crippen LogP contribution < -0.4 is 0 Å². The van der Waals surface area contributed by atoms with Crippen molar-refractivity contribution in [3.8, 4) is 0 Å². The van der Waals surface area contributed by atoms with Gasteiger partial charge in [-0.05, 0) is 38.6 Å². The van der Waals surface area contributed by atoms with Crippen molar-refractivity contribution in [3.63, 3.8) is 0 Å². The molecule has 1 amide bonds. The quantitative estimate of drug-likeness (QED) is 0.803. The van der Waals surface area contributed by atoms with Gasteiger partial charge >= 0.3 is 0 Å². The molecule has 0 heterocycles. The summed E-state index contributed by atoms with van der Waals surface area (Å²) in [7, 11) is 1.85. The van der Waals surface area contributed by atoms with Crippen LogP contribution in [-0.4, -0.2) is 42.4 Å². The standard InChI is InChI=1S/C14H20ClFN2O/c1-4-18(5-2)14(19)10-17(3)9-11-6-7-12(16)8-13(11)15/h6-8H,4-5,9-10H2,1-3H3. The summed E-state index contributed by atoms with van der Waals surface area (Å²) in [5.41, 5.74) is 0.818. The molecule has 0 saturated carbocycles. The lowest BCUT2D eigenvalue weighted by molar-refractivity contribution is -0.131. The van der Waals surface area contributed by atoms with Gasteiger partial charge < -0.3 is 4.90 Å². The highest BCUT2D eigenvalue weighted by Crippen LogP contribution is 2.18. The van der Waals surface area contributed by atoms with E-state index in [4.69, 9.17) is 11.6 Å². The average Bonchev–Trinajstić information content (AvgIpc) is 2.34. The number of carbonyl (C=O) groups excluding carboxylic acids is 1. The van der Waals surface area contributed by atoms with Gasteiger partial charge in [-0.15, -0.1) is 0 Å². The summed E-state index contributed by atoms with van der Waals surface area (Å²) in [6.07, 6.45) is 0. The van der Waals surface area contributed by atoms with E-state index in [1.54, 1.807) is 11.0 Å². The van der Waals surface area contributed by atoms with E-state index in [1.165, 1.54) is 12.1 Å². The number of carbonyl (C=O) groups is 1. The fraction of sp³-hybridized carbons (Fsp3) is 0.500. The Morgan fingerprint density at radius 3 is 2.47 bits per heavy atom. The topological polar surface area (TPSA) is 23.6 Å². The van der Waals surface area contributed by atoms with Crippen molar-refractivity contribution in [3.05, 3.63) is 34.6 Å². The number of likely N-dealkylation sites (N-methyl/N-ethyl adjacent to an activating group) is 2. The van der Waals surface area contributed by atoms with Crippen molar-refractivity contribution in [1.29, 1.82) is 0 Å². The van der Waals surface area contributed by atoms with Crippen LogP contribution in [0, 0.1) is 5.82 Å². The molecule has 19 heavy (non-hydrogen) atoms. The molecule has 0 radical (unpaired) electrons. The molecule has 106 valence electrons. The van der Waals surface area contributed by atoms with Crippen LogP contribution in [0.4, 0.5) is 4.39 Å². The van der Waals surface area contributed by atoms with Crippen molar-refractivity contribution >= 4 is 17.5 Å². The van der Waals surface area contributed by atoms with E-state index < -0.39 is 0 Å². The number of amides is 1. The molecule has 1 aromatic rings. The fourth-order valence-corrected chi connectivity index (χ4v) is 2.13. The second kappa shape index (κ2) is 7.46. The van der Waals surface area contributed by atoms with Gasteiger partial charge in [0.2, 0.25) is 5.91 Å². The van der Waals surface area contributed by atoms with E-state index in [1.807, 2.05) is 25.8 Å². The largest absolute Gasteiger partial charge is 0.342 e. The van der Waals surface area contributed by atoms with E-state index in [2.05, 4.69) is 0 Å². The lowest BCUT2D eigenvalue weighted by atomic mass is 10.2. The van der Waals surface area contributed by atoms with Gasteiger partial charge in [0.05, 0.1) is 6.54 Å². The van der Waals surface area contributed by atoms with Crippen molar-refractivity contribution in [2.75, 3.05) is 26.7 Å². The molecule has 0 N–H and O–H groups in total. The molecule has 0 spiro atoms. The Balaban J connectivity index is 2.60. The number of benzene rings is 1. The van der Waals surface area contributed by atoms with E-state index in [-0.39, 0.29) is 11.7 Å². The molecule has 0 aromatic heterocycles. The number of nitrogens with zero attached hydrogens (tertiary/aromatic N) is 2. The highest BCUT2D eigenvalue weighted by Gasteiger charge is 2.13. The molecule has 3 nitrogen and oxygen atoms in total. The summed E-state index contributed by atoms with van der Waals surface area (Å²) in [5.74, 6) is -0.263. The van der Waals surface area contributed by atoms with Crippen LogP contribution >= 0.6 is 11.6 Å². The third kappa shape index (κ3) is 4.80. The monoisotopic (exact) mass is 286 g/mol. The van der Waals surface area contributed by atoms with Gasteiger partial charge in [0.1, 0.15) is 5.82 Å². The highest BCUT2D eigenvalue weighted by atomic mass is 35.5. The van der Waals surface area contributed by atoms with Gasteiger partial charge in [0.25, 0.3) is 0 Å².